The molecule has 0 fully saturated rings. The van der Waals surface area contributed by atoms with Gasteiger partial charge >= 0.3 is 0 Å². The van der Waals surface area contributed by atoms with Gasteiger partial charge in [-0.25, -0.2) is 4.98 Å². The van der Waals surface area contributed by atoms with Gasteiger partial charge in [0.25, 0.3) is 5.91 Å². The predicted molar refractivity (Wildman–Crippen MR) is 130 cm³/mol. The molecule has 0 unspecified atom stereocenters. The third-order valence-electron chi connectivity index (χ3n) is 4.80. The van der Waals surface area contributed by atoms with Crippen LogP contribution >= 0.6 is 23.2 Å². The number of hydrogen-bond donors (Lipinski definition) is 2. The summed E-state index contributed by atoms with van der Waals surface area (Å²) in [6, 6.07) is 20.8. The van der Waals surface area contributed by atoms with E-state index in [1.165, 1.54) is 0 Å². The highest BCUT2D eigenvalue weighted by molar-refractivity contribution is 6.31. The fourth-order valence-corrected chi connectivity index (χ4v) is 3.36. The molecule has 0 spiro atoms. The Morgan fingerprint density at radius 1 is 0.818 bits per heavy atom. The van der Waals surface area contributed by atoms with Crippen molar-refractivity contribution in [3.8, 4) is 11.3 Å². The maximum Gasteiger partial charge on any atom is 0.255 e. The van der Waals surface area contributed by atoms with Crippen LogP contribution in [0.2, 0.25) is 10.0 Å². The van der Waals surface area contributed by atoms with Gasteiger partial charge in [0.05, 0.1) is 17.6 Å². The largest absolute Gasteiger partial charge is 0.441 e. The highest BCUT2D eigenvalue weighted by atomic mass is 35.5. The van der Waals surface area contributed by atoms with Crippen molar-refractivity contribution in [2.45, 2.75) is 12.8 Å². The molecule has 0 radical (unpaired) electrons. The highest BCUT2D eigenvalue weighted by Crippen LogP contribution is 2.24. The van der Waals surface area contributed by atoms with Gasteiger partial charge in [0.2, 0.25) is 5.91 Å². The molecule has 2 amide bonds. The van der Waals surface area contributed by atoms with Crippen LogP contribution in [0.1, 0.15) is 22.7 Å². The molecule has 0 saturated heterocycles. The molecule has 8 heteroatoms. The van der Waals surface area contributed by atoms with Gasteiger partial charge in [0, 0.05) is 34.0 Å². The third-order valence-corrected chi connectivity index (χ3v) is 5.31. The first kappa shape index (κ1) is 22.6. The van der Waals surface area contributed by atoms with E-state index < -0.39 is 0 Å². The van der Waals surface area contributed by atoms with E-state index in [1.54, 1.807) is 66.9 Å². The lowest BCUT2D eigenvalue weighted by molar-refractivity contribution is -0.116. The normalized spacial score (nSPS) is 10.6. The minimum absolute atomic E-state index is 0.167. The number of aromatic nitrogens is 1. The molecule has 33 heavy (non-hydrogen) atoms. The Morgan fingerprint density at radius 2 is 1.42 bits per heavy atom. The number of oxazole rings is 1. The molecule has 166 valence electrons. The highest BCUT2D eigenvalue weighted by Gasteiger charge is 2.13. The fourth-order valence-electron chi connectivity index (χ4n) is 3.10. The summed E-state index contributed by atoms with van der Waals surface area (Å²) < 4.78 is 5.74. The monoisotopic (exact) mass is 479 g/mol. The first-order valence-corrected chi connectivity index (χ1v) is 10.9. The van der Waals surface area contributed by atoms with Crippen LogP contribution in [0.4, 0.5) is 11.4 Å². The predicted octanol–water partition coefficient (Wildman–Crippen LogP) is 6.47. The van der Waals surface area contributed by atoms with Crippen molar-refractivity contribution in [1.82, 2.24) is 4.98 Å². The van der Waals surface area contributed by atoms with E-state index in [2.05, 4.69) is 15.6 Å². The molecule has 1 heterocycles. The second-order valence-electron chi connectivity index (χ2n) is 7.18. The molecule has 0 saturated carbocycles. The number of carbonyl (C=O) groups is 2. The third kappa shape index (κ3) is 6.00. The summed E-state index contributed by atoms with van der Waals surface area (Å²) in [5.41, 5.74) is 2.31. The zero-order chi connectivity index (χ0) is 23.2. The second-order valence-corrected chi connectivity index (χ2v) is 8.05. The molecule has 4 aromatic rings. The number of para-hydroxylation sites is 2. The maximum atomic E-state index is 12.5. The Balaban J connectivity index is 1.36. The summed E-state index contributed by atoms with van der Waals surface area (Å²) in [6.07, 6.45) is 2.12. The molecule has 0 bridgehead atoms. The van der Waals surface area contributed by atoms with E-state index in [0.29, 0.717) is 45.1 Å². The summed E-state index contributed by atoms with van der Waals surface area (Å²) in [5, 5.41) is 6.83. The smallest absolute Gasteiger partial charge is 0.255 e. The van der Waals surface area contributed by atoms with Crippen molar-refractivity contribution >= 4 is 46.4 Å². The molecular formula is C25H19Cl2N3O3. The Hall–Kier alpha value is -3.61. The number of nitrogens with zero attached hydrogens (tertiary/aromatic N) is 1. The van der Waals surface area contributed by atoms with Gasteiger partial charge in [0.1, 0.15) is 0 Å². The van der Waals surface area contributed by atoms with E-state index in [4.69, 9.17) is 27.6 Å². The van der Waals surface area contributed by atoms with Crippen LogP contribution in [0, 0.1) is 0 Å². The van der Waals surface area contributed by atoms with E-state index in [-0.39, 0.29) is 18.2 Å². The topological polar surface area (TPSA) is 84.2 Å². The van der Waals surface area contributed by atoms with Crippen molar-refractivity contribution in [3.63, 3.8) is 0 Å². The first-order chi connectivity index (χ1) is 16.0. The van der Waals surface area contributed by atoms with E-state index in [9.17, 15) is 9.59 Å². The summed E-state index contributed by atoms with van der Waals surface area (Å²) in [6.45, 7) is 0. The van der Waals surface area contributed by atoms with Crippen LogP contribution in [-0.4, -0.2) is 16.8 Å². The molecule has 4 rings (SSSR count). The molecule has 0 atom stereocenters. The lowest BCUT2D eigenvalue weighted by Crippen LogP contribution is -2.17. The van der Waals surface area contributed by atoms with Crippen LogP contribution < -0.4 is 10.6 Å². The van der Waals surface area contributed by atoms with Crippen molar-refractivity contribution in [1.29, 1.82) is 0 Å². The lowest BCUT2D eigenvalue weighted by atomic mass is 10.2. The van der Waals surface area contributed by atoms with Gasteiger partial charge in [-0.2, -0.15) is 0 Å². The fraction of sp³-hybridized carbons (Fsp3) is 0.0800. The van der Waals surface area contributed by atoms with E-state index >= 15 is 0 Å². The number of benzene rings is 3. The number of carbonyl (C=O) groups excluding carboxylic acids is 2. The maximum absolute atomic E-state index is 12.5. The number of hydrogen-bond acceptors (Lipinski definition) is 4. The van der Waals surface area contributed by atoms with Crippen LogP contribution in [0.3, 0.4) is 0 Å². The Labute approximate surface area is 200 Å². The summed E-state index contributed by atoms with van der Waals surface area (Å²) in [5.74, 6) is 0.536. The van der Waals surface area contributed by atoms with Gasteiger partial charge in [-0.15, -0.1) is 0 Å². The van der Waals surface area contributed by atoms with E-state index in [1.807, 2.05) is 12.1 Å². The second kappa shape index (κ2) is 10.3. The van der Waals surface area contributed by atoms with Gasteiger partial charge in [-0.3, -0.25) is 9.59 Å². The first-order valence-electron chi connectivity index (χ1n) is 10.1. The van der Waals surface area contributed by atoms with Gasteiger partial charge in [-0.05, 0) is 60.7 Å². The van der Waals surface area contributed by atoms with Gasteiger partial charge in [-0.1, -0.05) is 35.3 Å². The van der Waals surface area contributed by atoms with Gasteiger partial charge < -0.3 is 15.1 Å². The lowest BCUT2D eigenvalue weighted by Gasteiger charge is -2.12. The average molecular weight is 480 g/mol. The van der Waals surface area contributed by atoms with Crippen molar-refractivity contribution in [3.05, 3.63) is 100 Å². The number of amides is 2. The Bertz CT molecular complexity index is 1270. The quantitative estimate of drug-likeness (QED) is 0.318. The summed E-state index contributed by atoms with van der Waals surface area (Å²) in [7, 11) is 0. The number of halogens is 2. The zero-order valence-corrected chi connectivity index (χ0v) is 18.9. The zero-order valence-electron chi connectivity index (χ0n) is 17.3. The van der Waals surface area contributed by atoms with E-state index in [0.717, 1.165) is 5.56 Å². The van der Waals surface area contributed by atoms with Crippen molar-refractivity contribution in [2.24, 2.45) is 0 Å². The molecule has 2 N–H and O–H groups in total. The van der Waals surface area contributed by atoms with Crippen LogP contribution in [0.15, 0.2) is 83.4 Å². The Morgan fingerprint density at radius 3 is 2.09 bits per heavy atom. The number of anilines is 2. The summed E-state index contributed by atoms with van der Waals surface area (Å²) >= 11 is 11.8. The molecule has 6 nitrogen and oxygen atoms in total. The number of nitrogens with one attached hydrogen (secondary N) is 2. The SMILES string of the molecule is O=C(CCc1ncc(-c2ccc(Cl)cc2)o1)Nc1ccccc1NC(=O)c1ccc(Cl)cc1. The number of aryl methyl sites for hydroxylation is 1. The van der Waals surface area contributed by atoms with Crippen molar-refractivity contribution < 1.29 is 14.0 Å². The molecule has 0 aliphatic rings. The summed E-state index contributed by atoms with van der Waals surface area (Å²) in [4.78, 5) is 29.3. The standard InChI is InChI=1S/C25H19Cl2N3O3/c26-18-9-5-16(6-10-18)22-15-28-24(33-22)14-13-23(31)29-20-3-1-2-4-21(20)30-25(32)17-7-11-19(27)12-8-17/h1-12,15H,13-14H2,(H,29,31)(H,30,32). The average Bonchev–Trinajstić information content (AvgIpc) is 3.29. The molecular weight excluding hydrogens is 461 g/mol. The number of rotatable bonds is 7. The minimum atomic E-state index is -0.303. The van der Waals surface area contributed by atoms with Crippen LogP contribution in [-0.2, 0) is 11.2 Å². The van der Waals surface area contributed by atoms with Crippen LogP contribution in [0.25, 0.3) is 11.3 Å². The van der Waals surface area contributed by atoms with Crippen molar-refractivity contribution in [2.75, 3.05) is 10.6 Å². The van der Waals surface area contributed by atoms with Crippen LogP contribution in [0.5, 0.6) is 0 Å². The molecule has 0 aliphatic carbocycles. The molecule has 1 aromatic heterocycles. The van der Waals surface area contributed by atoms with Gasteiger partial charge in [0.15, 0.2) is 11.7 Å². The molecule has 3 aromatic carbocycles. The molecule has 0 aliphatic heterocycles. The Kier molecular flexibility index (Phi) is 7.07. The minimum Gasteiger partial charge on any atom is -0.441 e.